The van der Waals surface area contributed by atoms with Crippen LogP contribution in [0.5, 0.6) is 0 Å². The molecule has 2 aliphatic rings. The fourth-order valence-electron chi connectivity index (χ4n) is 3.78. The second-order valence-corrected chi connectivity index (χ2v) is 9.56. The van der Waals surface area contributed by atoms with Crippen LogP contribution in [0.2, 0.25) is 0 Å². The number of hydrogen-bond donors (Lipinski definition) is 1. The highest BCUT2D eigenvalue weighted by atomic mass is 32.2. The highest BCUT2D eigenvalue weighted by Gasteiger charge is 2.27. The maximum atomic E-state index is 12.5. The highest BCUT2D eigenvalue weighted by Crippen LogP contribution is 2.40. The number of rotatable bonds is 3. The number of benzene rings is 1. The van der Waals surface area contributed by atoms with Gasteiger partial charge in [0, 0.05) is 5.54 Å². The lowest BCUT2D eigenvalue weighted by Gasteiger charge is -2.24. The van der Waals surface area contributed by atoms with Crippen molar-refractivity contribution in [2.45, 2.75) is 69.7 Å². The molecule has 0 aromatic heterocycles. The van der Waals surface area contributed by atoms with Gasteiger partial charge >= 0.3 is 0 Å². The summed E-state index contributed by atoms with van der Waals surface area (Å²) in [5.74, 6) is 0.667. The molecule has 1 aromatic rings. The third kappa shape index (κ3) is 3.69. The van der Waals surface area contributed by atoms with E-state index in [0.717, 1.165) is 12.0 Å². The molecule has 0 radical (unpaired) electrons. The minimum Gasteiger partial charge on any atom is -0.207 e. The Labute approximate surface area is 140 Å². The first kappa shape index (κ1) is 16.7. The SMILES string of the molecule is CC(C)(C)NS(=O)(=O)c1ccc2c(c1)CC=C2C1CCCCC1. The molecule has 0 spiro atoms. The molecule has 4 heteroatoms. The summed E-state index contributed by atoms with van der Waals surface area (Å²) in [4.78, 5) is 0.379. The van der Waals surface area contributed by atoms with Gasteiger partial charge in [0.15, 0.2) is 0 Å². The molecule has 1 fully saturated rings. The summed E-state index contributed by atoms with van der Waals surface area (Å²) in [5.41, 5.74) is 3.41. The Bertz CT molecular complexity index is 720. The van der Waals surface area contributed by atoms with E-state index < -0.39 is 15.6 Å². The van der Waals surface area contributed by atoms with Gasteiger partial charge in [0.1, 0.15) is 0 Å². The van der Waals surface area contributed by atoms with E-state index in [2.05, 4.69) is 10.8 Å². The van der Waals surface area contributed by atoms with Gasteiger partial charge < -0.3 is 0 Å². The van der Waals surface area contributed by atoms with E-state index in [9.17, 15) is 8.42 Å². The topological polar surface area (TPSA) is 46.2 Å². The van der Waals surface area contributed by atoms with Crippen LogP contribution in [0.1, 0.15) is 64.0 Å². The summed E-state index contributed by atoms with van der Waals surface area (Å²) in [6.45, 7) is 5.59. The van der Waals surface area contributed by atoms with Gasteiger partial charge in [-0.2, -0.15) is 0 Å². The third-order valence-electron chi connectivity index (χ3n) is 4.73. The normalized spacial score (nSPS) is 19.5. The van der Waals surface area contributed by atoms with E-state index in [1.54, 1.807) is 6.07 Å². The van der Waals surface area contributed by atoms with Crippen LogP contribution in [0.4, 0.5) is 0 Å². The summed E-state index contributed by atoms with van der Waals surface area (Å²) < 4.78 is 27.7. The van der Waals surface area contributed by atoms with Crippen LogP contribution in [0, 0.1) is 5.92 Å². The average Bonchev–Trinajstić information content (AvgIpc) is 2.88. The molecule has 0 amide bonds. The van der Waals surface area contributed by atoms with Gasteiger partial charge in [-0.25, -0.2) is 13.1 Å². The molecular formula is C19H27NO2S. The number of allylic oxidation sites excluding steroid dienone is 2. The lowest BCUT2D eigenvalue weighted by molar-refractivity contribution is 0.429. The van der Waals surface area contributed by atoms with Crippen molar-refractivity contribution in [3.8, 4) is 0 Å². The van der Waals surface area contributed by atoms with E-state index in [-0.39, 0.29) is 0 Å². The first-order valence-corrected chi connectivity index (χ1v) is 10.1. The molecule has 1 aromatic carbocycles. The molecule has 3 rings (SSSR count). The predicted octanol–water partition coefficient (Wildman–Crippen LogP) is 4.28. The lowest BCUT2D eigenvalue weighted by atomic mass is 9.82. The highest BCUT2D eigenvalue weighted by molar-refractivity contribution is 7.89. The molecule has 0 heterocycles. The van der Waals surface area contributed by atoms with E-state index in [1.807, 2.05) is 32.9 Å². The van der Waals surface area contributed by atoms with Gasteiger partial charge in [-0.1, -0.05) is 31.4 Å². The number of fused-ring (bicyclic) bond motifs is 1. The van der Waals surface area contributed by atoms with Crippen LogP contribution in [0.3, 0.4) is 0 Å². The van der Waals surface area contributed by atoms with Gasteiger partial charge in [0.05, 0.1) is 4.90 Å². The molecule has 3 nitrogen and oxygen atoms in total. The maximum absolute atomic E-state index is 12.5. The molecule has 0 bridgehead atoms. The summed E-state index contributed by atoms with van der Waals surface area (Å²) in [6, 6.07) is 5.63. The first-order valence-electron chi connectivity index (χ1n) is 8.64. The van der Waals surface area contributed by atoms with Crippen LogP contribution in [0.15, 0.2) is 29.2 Å². The largest absolute Gasteiger partial charge is 0.241 e. The number of hydrogen-bond acceptors (Lipinski definition) is 2. The van der Waals surface area contributed by atoms with Gasteiger partial charge in [-0.15, -0.1) is 0 Å². The summed E-state index contributed by atoms with van der Waals surface area (Å²) in [7, 11) is -3.46. The van der Waals surface area contributed by atoms with Gasteiger partial charge in [-0.3, -0.25) is 0 Å². The average molecular weight is 333 g/mol. The first-order chi connectivity index (χ1) is 10.8. The van der Waals surface area contributed by atoms with Crippen LogP contribution < -0.4 is 4.72 Å². The Morgan fingerprint density at radius 2 is 1.78 bits per heavy atom. The van der Waals surface area contributed by atoms with Crippen molar-refractivity contribution in [3.05, 3.63) is 35.4 Å². The quantitative estimate of drug-likeness (QED) is 0.897. The van der Waals surface area contributed by atoms with Crippen LogP contribution in [-0.4, -0.2) is 14.0 Å². The smallest absolute Gasteiger partial charge is 0.207 e. The van der Waals surface area contributed by atoms with Crippen LogP contribution in [-0.2, 0) is 16.4 Å². The molecule has 0 saturated heterocycles. The molecule has 0 atom stereocenters. The second-order valence-electron chi connectivity index (χ2n) is 7.87. The Balaban J connectivity index is 1.85. The maximum Gasteiger partial charge on any atom is 0.241 e. The molecule has 1 N–H and O–H groups in total. The Morgan fingerprint density at radius 3 is 2.43 bits per heavy atom. The minimum atomic E-state index is -3.46. The lowest BCUT2D eigenvalue weighted by Crippen LogP contribution is -2.40. The molecule has 126 valence electrons. The predicted molar refractivity (Wildman–Crippen MR) is 94.8 cm³/mol. The number of sulfonamides is 1. The zero-order valence-electron chi connectivity index (χ0n) is 14.4. The van der Waals surface area contributed by atoms with E-state index in [1.165, 1.54) is 43.2 Å². The van der Waals surface area contributed by atoms with Crippen molar-refractivity contribution in [2.75, 3.05) is 0 Å². The monoisotopic (exact) mass is 333 g/mol. The zero-order valence-corrected chi connectivity index (χ0v) is 15.2. The van der Waals surface area contributed by atoms with Gasteiger partial charge in [0.2, 0.25) is 10.0 Å². The van der Waals surface area contributed by atoms with Crippen LogP contribution in [0.25, 0.3) is 5.57 Å². The Morgan fingerprint density at radius 1 is 1.09 bits per heavy atom. The van der Waals surface area contributed by atoms with Crippen molar-refractivity contribution in [1.29, 1.82) is 0 Å². The second kappa shape index (κ2) is 6.06. The van der Waals surface area contributed by atoms with Crippen LogP contribution >= 0.6 is 0 Å². The van der Waals surface area contributed by atoms with Crippen molar-refractivity contribution in [1.82, 2.24) is 4.72 Å². The third-order valence-corrected chi connectivity index (χ3v) is 6.48. The number of nitrogens with one attached hydrogen (secondary N) is 1. The molecule has 0 unspecified atom stereocenters. The van der Waals surface area contributed by atoms with Crippen molar-refractivity contribution in [3.63, 3.8) is 0 Å². The summed E-state index contributed by atoms with van der Waals surface area (Å²) in [6.07, 6.45) is 9.72. The van der Waals surface area contributed by atoms with E-state index in [4.69, 9.17) is 0 Å². The molecule has 0 aliphatic heterocycles. The van der Waals surface area contributed by atoms with E-state index in [0.29, 0.717) is 10.8 Å². The summed E-state index contributed by atoms with van der Waals surface area (Å²) in [5, 5.41) is 0. The molecule has 23 heavy (non-hydrogen) atoms. The van der Waals surface area contributed by atoms with Crippen molar-refractivity contribution in [2.24, 2.45) is 5.92 Å². The van der Waals surface area contributed by atoms with Gasteiger partial charge in [-0.05, 0) is 74.8 Å². The van der Waals surface area contributed by atoms with Crippen molar-refractivity contribution < 1.29 is 8.42 Å². The van der Waals surface area contributed by atoms with Crippen molar-refractivity contribution >= 4 is 15.6 Å². The summed E-state index contributed by atoms with van der Waals surface area (Å²) >= 11 is 0. The fourth-order valence-corrected chi connectivity index (χ4v) is 5.25. The Hall–Kier alpha value is -1.13. The zero-order chi connectivity index (χ0) is 16.7. The minimum absolute atomic E-state index is 0.379. The van der Waals surface area contributed by atoms with Gasteiger partial charge in [0.25, 0.3) is 0 Å². The molecular weight excluding hydrogens is 306 g/mol. The molecule has 2 aliphatic carbocycles. The Kier molecular flexibility index (Phi) is 4.41. The fraction of sp³-hybridized carbons (Fsp3) is 0.579. The standard InChI is InChI=1S/C19H27NO2S/c1-19(2,3)20-23(21,22)16-10-12-18-15(13-16)9-11-17(18)14-7-5-4-6-8-14/h10-14,20H,4-9H2,1-3H3. The molecule has 1 saturated carbocycles. The van der Waals surface area contributed by atoms with E-state index >= 15 is 0 Å².